The number of hydrogen-bond donors (Lipinski definition) is 0. The van der Waals surface area contributed by atoms with Gasteiger partial charge in [-0.25, -0.2) is 0 Å². The molecule has 0 spiro atoms. The quantitative estimate of drug-likeness (QED) is 0.732. The fraction of sp³-hybridized carbons (Fsp3) is 0.462. The lowest BCUT2D eigenvalue weighted by Crippen LogP contribution is -2.50. The third-order valence-electron chi connectivity index (χ3n) is 2.97. The first-order valence-corrected chi connectivity index (χ1v) is 6.84. The maximum Gasteiger partial charge on any atom is 0.255 e. The zero-order valence-corrected chi connectivity index (χ0v) is 12.2. The number of nitrogens with zero attached hydrogens (tertiary/aromatic N) is 1. The minimum Gasteiger partial charge on any atom is -0.375 e. The summed E-state index contributed by atoms with van der Waals surface area (Å²) >= 11 is 2.21. The van der Waals surface area contributed by atoms with E-state index < -0.39 is 0 Å². The van der Waals surface area contributed by atoms with E-state index in [0.717, 1.165) is 9.13 Å². The average Bonchev–Trinajstić information content (AvgIpc) is 2.32. The monoisotopic (exact) mass is 345 g/mol. The second-order valence-electron chi connectivity index (χ2n) is 4.43. The van der Waals surface area contributed by atoms with Crippen LogP contribution in [-0.2, 0) is 4.74 Å². The van der Waals surface area contributed by atoms with Crippen molar-refractivity contribution in [2.45, 2.75) is 26.0 Å². The Balaban J connectivity index is 2.22. The Labute approximate surface area is 115 Å². The van der Waals surface area contributed by atoms with Crippen LogP contribution in [0.3, 0.4) is 0 Å². The van der Waals surface area contributed by atoms with Gasteiger partial charge in [0.1, 0.15) is 0 Å². The summed E-state index contributed by atoms with van der Waals surface area (Å²) in [5, 5.41) is 0. The Morgan fingerprint density at radius 3 is 2.82 bits per heavy atom. The summed E-state index contributed by atoms with van der Waals surface area (Å²) in [5.74, 6) is 0.109. The molecule has 1 saturated heterocycles. The molecule has 0 aromatic heterocycles. The van der Waals surface area contributed by atoms with E-state index in [1.807, 2.05) is 43.0 Å². The SMILES string of the molecule is CC1CN(C(=O)c2ccccc2I)C(C)CO1. The van der Waals surface area contributed by atoms with Gasteiger partial charge in [0.15, 0.2) is 0 Å². The van der Waals surface area contributed by atoms with Crippen LogP contribution >= 0.6 is 22.6 Å². The third-order valence-corrected chi connectivity index (χ3v) is 3.91. The van der Waals surface area contributed by atoms with Gasteiger partial charge < -0.3 is 9.64 Å². The van der Waals surface area contributed by atoms with E-state index >= 15 is 0 Å². The molecular formula is C13H16INO2. The van der Waals surface area contributed by atoms with Gasteiger partial charge in [-0.3, -0.25) is 4.79 Å². The van der Waals surface area contributed by atoms with Gasteiger partial charge in [-0.05, 0) is 48.6 Å². The molecule has 2 rings (SSSR count). The summed E-state index contributed by atoms with van der Waals surface area (Å²) in [6.07, 6.45) is 0.122. The van der Waals surface area contributed by atoms with Crippen molar-refractivity contribution in [1.82, 2.24) is 4.90 Å². The van der Waals surface area contributed by atoms with Crippen molar-refractivity contribution in [2.75, 3.05) is 13.2 Å². The molecule has 1 aliphatic heterocycles. The molecule has 1 aliphatic rings. The molecule has 0 aliphatic carbocycles. The first-order valence-electron chi connectivity index (χ1n) is 5.76. The Hall–Kier alpha value is -0.620. The highest BCUT2D eigenvalue weighted by Gasteiger charge is 2.28. The largest absolute Gasteiger partial charge is 0.375 e. The van der Waals surface area contributed by atoms with E-state index in [-0.39, 0.29) is 18.1 Å². The fourth-order valence-corrected chi connectivity index (χ4v) is 2.59. The van der Waals surface area contributed by atoms with Crippen LogP contribution in [0.4, 0.5) is 0 Å². The highest BCUT2D eigenvalue weighted by atomic mass is 127. The summed E-state index contributed by atoms with van der Waals surface area (Å²) in [6.45, 7) is 5.32. The normalized spacial score (nSPS) is 24.8. The molecule has 0 N–H and O–H groups in total. The van der Waals surface area contributed by atoms with Crippen LogP contribution in [0.5, 0.6) is 0 Å². The second kappa shape index (κ2) is 5.35. The lowest BCUT2D eigenvalue weighted by Gasteiger charge is -2.37. The number of carbonyl (C=O) groups excluding carboxylic acids is 1. The maximum atomic E-state index is 12.4. The van der Waals surface area contributed by atoms with E-state index in [0.29, 0.717) is 13.2 Å². The number of hydrogen-bond acceptors (Lipinski definition) is 2. The minimum atomic E-state index is 0.109. The van der Waals surface area contributed by atoms with Gasteiger partial charge in [-0.2, -0.15) is 0 Å². The standard InChI is InChI=1S/C13H16INO2/c1-9-8-17-10(2)7-15(9)13(16)11-5-3-4-6-12(11)14/h3-6,9-10H,7-8H2,1-2H3. The molecule has 92 valence electrons. The molecule has 0 bridgehead atoms. The van der Waals surface area contributed by atoms with Crippen molar-refractivity contribution in [3.63, 3.8) is 0 Å². The molecule has 2 unspecified atom stereocenters. The molecule has 1 amide bonds. The molecule has 17 heavy (non-hydrogen) atoms. The fourth-order valence-electron chi connectivity index (χ4n) is 1.98. The topological polar surface area (TPSA) is 29.5 Å². The summed E-state index contributed by atoms with van der Waals surface area (Å²) in [7, 11) is 0. The van der Waals surface area contributed by atoms with Crippen molar-refractivity contribution in [1.29, 1.82) is 0 Å². The number of amides is 1. The second-order valence-corrected chi connectivity index (χ2v) is 5.59. The summed E-state index contributed by atoms with van der Waals surface area (Å²) < 4.78 is 6.54. The molecule has 1 aromatic rings. The van der Waals surface area contributed by atoms with Gasteiger partial charge in [0.2, 0.25) is 0 Å². The van der Waals surface area contributed by atoms with Gasteiger partial charge in [0.25, 0.3) is 5.91 Å². The van der Waals surface area contributed by atoms with Gasteiger partial charge in [0, 0.05) is 10.1 Å². The Kier molecular flexibility index (Phi) is 4.04. The van der Waals surface area contributed by atoms with E-state index in [9.17, 15) is 4.79 Å². The lowest BCUT2D eigenvalue weighted by atomic mass is 10.1. The average molecular weight is 345 g/mol. The predicted octanol–water partition coefficient (Wildman–Crippen LogP) is 2.54. The summed E-state index contributed by atoms with van der Waals surface area (Å²) in [6, 6.07) is 7.85. The van der Waals surface area contributed by atoms with Gasteiger partial charge >= 0.3 is 0 Å². The molecule has 2 atom stereocenters. The van der Waals surface area contributed by atoms with Gasteiger partial charge in [-0.15, -0.1) is 0 Å². The Morgan fingerprint density at radius 2 is 2.12 bits per heavy atom. The molecule has 1 heterocycles. The minimum absolute atomic E-state index is 0.109. The maximum absolute atomic E-state index is 12.4. The Morgan fingerprint density at radius 1 is 1.41 bits per heavy atom. The molecular weight excluding hydrogens is 329 g/mol. The summed E-state index contributed by atoms with van der Waals surface area (Å²) in [5.41, 5.74) is 0.786. The number of morpholine rings is 1. The van der Waals surface area contributed by atoms with Crippen molar-refractivity contribution in [3.8, 4) is 0 Å². The molecule has 0 saturated carbocycles. The highest BCUT2D eigenvalue weighted by Crippen LogP contribution is 2.18. The first-order chi connectivity index (χ1) is 8.09. The van der Waals surface area contributed by atoms with E-state index in [4.69, 9.17) is 4.74 Å². The number of halogens is 1. The molecule has 4 heteroatoms. The smallest absolute Gasteiger partial charge is 0.255 e. The molecule has 3 nitrogen and oxygen atoms in total. The summed E-state index contributed by atoms with van der Waals surface area (Å²) in [4.78, 5) is 14.4. The van der Waals surface area contributed by atoms with Crippen molar-refractivity contribution in [2.24, 2.45) is 0 Å². The van der Waals surface area contributed by atoms with Crippen LogP contribution in [-0.4, -0.2) is 36.1 Å². The van der Waals surface area contributed by atoms with Crippen molar-refractivity contribution >= 4 is 28.5 Å². The molecule has 1 fully saturated rings. The van der Waals surface area contributed by atoms with Crippen LogP contribution in [0, 0.1) is 3.57 Å². The predicted molar refractivity (Wildman–Crippen MR) is 75.1 cm³/mol. The van der Waals surface area contributed by atoms with Crippen LogP contribution in [0.25, 0.3) is 0 Å². The number of benzene rings is 1. The van der Waals surface area contributed by atoms with E-state index in [1.54, 1.807) is 0 Å². The zero-order chi connectivity index (χ0) is 12.4. The highest BCUT2D eigenvalue weighted by molar-refractivity contribution is 14.1. The van der Waals surface area contributed by atoms with Crippen LogP contribution < -0.4 is 0 Å². The van der Waals surface area contributed by atoms with Crippen LogP contribution in [0.1, 0.15) is 24.2 Å². The van der Waals surface area contributed by atoms with Crippen molar-refractivity contribution < 1.29 is 9.53 Å². The van der Waals surface area contributed by atoms with Gasteiger partial charge in [-0.1, -0.05) is 12.1 Å². The number of carbonyl (C=O) groups is 1. The van der Waals surface area contributed by atoms with E-state index in [1.165, 1.54) is 0 Å². The Bertz CT molecular complexity index is 422. The van der Waals surface area contributed by atoms with Crippen molar-refractivity contribution in [3.05, 3.63) is 33.4 Å². The number of ether oxygens (including phenoxy) is 1. The van der Waals surface area contributed by atoms with E-state index in [2.05, 4.69) is 22.6 Å². The molecule has 1 aromatic carbocycles. The first kappa shape index (κ1) is 12.8. The third kappa shape index (κ3) is 2.80. The van der Waals surface area contributed by atoms with Crippen LogP contribution in [0.2, 0.25) is 0 Å². The molecule has 0 radical (unpaired) electrons. The number of rotatable bonds is 1. The van der Waals surface area contributed by atoms with Crippen LogP contribution in [0.15, 0.2) is 24.3 Å². The zero-order valence-electron chi connectivity index (χ0n) is 10.0. The van der Waals surface area contributed by atoms with Gasteiger partial charge in [0.05, 0.1) is 24.3 Å². The lowest BCUT2D eigenvalue weighted by molar-refractivity contribution is -0.0387.